The van der Waals surface area contributed by atoms with Gasteiger partial charge in [0.1, 0.15) is 6.04 Å². The van der Waals surface area contributed by atoms with E-state index in [-0.39, 0.29) is 18.0 Å². The minimum absolute atomic E-state index is 0.0811. The minimum atomic E-state index is -0.262. The molecule has 0 spiro atoms. The normalized spacial score (nSPS) is 22.9. The Morgan fingerprint density at radius 2 is 1.89 bits per heavy atom. The summed E-state index contributed by atoms with van der Waals surface area (Å²) < 4.78 is 0. The number of para-hydroxylation sites is 1. The van der Waals surface area contributed by atoms with Gasteiger partial charge in [0, 0.05) is 5.75 Å². The Hall–Kier alpha value is -1.49. The second-order valence-corrected chi connectivity index (χ2v) is 5.68. The molecule has 2 aliphatic rings. The topological polar surface area (TPSA) is 40.6 Å². The fourth-order valence-electron chi connectivity index (χ4n) is 2.57. The van der Waals surface area contributed by atoms with Crippen molar-refractivity contribution in [1.82, 2.24) is 4.90 Å². The molecule has 5 heteroatoms. The van der Waals surface area contributed by atoms with Gasteiger partial charge in [-0.3, -0.25) is 4.79 Å². The number of benzene rings is 1. The first-order chi connectivity index (χ1) is 8.61. The van der Waals surface area contributed by atoms with Crippen molar-refractivity contribution in [2.45, 2.75) is 19.9 Å². The third-order valence-corrected chi connectivity index (χ3v) is 4.50. The van der Waals surface area contributed by atoms with Crippen molar-refractivity contribution in [3.05, 3.63) is 29.3 Å². The predicted octanol–water partition coefficient (Wildman–Crippen LogP) is 2.14. The van der Waals surface area contributed by atoms with Crippen molar-refractivity contribution in [2.75, 3.05) is 16.5 Å². The maximum absolute atomic E-state index is 12.4. The van der Waals surface area contributed by atoms with Crippen molar-refractivity contribution in [2.24, 2.45) is 0 Å². The summed E-state index contributed by atoms with van der Waals surface area (Å²) in [5.74, 6) is 1.25. The third kappa shape index (κ3) is 1.47. The Labute approximate surface area is 110 Å². The number of amides is 3. The van der Waals surface area contributed by atoms with E-state index in [4.69, 9.17) is 0 Å². The average molecular weight is 262 g/mol. The molecule has 3 rings (SSSR count). The highest BCUT2D eigenvalue weighted by Crippen LogP contribution is 2.35. The number of urea groups is 1. The van der Waals surface area contributed by atoms with E-state index in [1.807, 2.05) is 32.0 Å². The summed E-state index contributed by atoms with van der Waals surface area (Å²) in [6.07, 6.45) is 0. The van der Waals surface area contributed by atoms with E-state index >= 15 is 0 Å². The standard InChI is InChI=1S/C13H14N2O2S/c1-8-4-3-5-9(2)11(8)15-12(16)10-6-18-7-14(10)13(15)17/h3-5,10H,6-7H2,1-2H3. The van der Waals surface area contributed by atoms with Gasteiger partial charge < -0.3 is 4.90 Å². The van der Waals surface area contributed by atoms with E-state index in [2.05, 4.69) is 0 Å². The summed E-state index contributed by atoms with van der Waals surface area (Å²) in [7, 11) is 0. The molecule has 1 atom stereocenters. The van der Waals surface area contributed by atoms with Crippen LogP contribution in [0.15, 0.2) is 18.2 Å². The fourth-order valence-corrected chi connectivity index (χ4v) is 3.71. The highest BCUT2D eigenvalue weighted by Gasteiger charge is 2.49. The average Bonchev–Trinajstić information content (AvgIpc) is 2.88. The first-order valence-electron chi connectivity index (χ1n) is 5.90. The monoisotopic (exact) mass is 262 g/mol. The molecule has 94 valence electrons. The number of rotatable bonds is 1. The maximum atomic E-state index is 12.4. The van der Waals surface area contributed by atoms with Gasteiger partial charge in [-0.15, -0.1) is 11.8 Å². The molecular weight excluding hydrogens is 248 g/mol. The fraction of sp³-hybridized carbons (Fsp3) is 0.385. The van der Waals surface area contributed by atoms with Crippen LogP contribution in [0.5, 0.6) is 0 Å². The predicted molar refractivity (Wildman–Crippen MR) is 71.8 cm³/mol. The lowest BCUT2D eigenvalue weighted by molar-refractivity contribution is -0.118. The molecule has 0 N–H and O–H groups in total. The van der Waals surface area contributed by atoms with Gasteiger partial charge >= 0.3 is 6.03 Å². The highest BCUT2D eigenvalue weighted by molar-refractivity contribution is 7.99. The van der Waals surface area contributed by atoms with Crippen LogP contribution in [0, 0.1) is 13.8 Å². The molecule has 0 aliphatic carbocycles. The summed E-state index contributed by atoms with van der Waals surface area (Å²) in [5, 5.41) is 0. The molecule has 2 fully saturated rings. The lowest BCUT2D eigenvalue weighted by atomic mass is 10.1. The van der Waals surface area contributed by atoms with Gasteiger partial charge in [0.05, 0.1) is 11.6 Å². The highest BCUT2D eigenvalue weighted by atomic mass is 32.2. The van der Waals surface area contributed by atoms with Crippen molar-refractivity contribution in [3.63, 3.8) is 0 Å². The van der Waals surface area contributed by atoms with E-state index in [9.17, 15) is 9.59 Å². The number of anilines is 1. The Kier molecular flexibility index (Phi) is 2.59. The van der Waals surface area contributed by atoms with Crippen molar-refractivity contribution in [3.8, 4) is 0 Å². The van der Waals surface area contributed by atoms with E-state index < -0.39 is 0 Å². The zero-order chi connectivity index (χ0) is 12.9. The number of thioether (sulfide) groups is 1. The van der Waals surface area contributed by atoms with Crippen LogP contribution < -0.4 is 4.90 Å². The minimum Gasteiger partial charge on any atom is -0.302 e. The molecule has 3 amide bonds. The van der Waals surface area contributed by atoms with Gasteiger partial charge in [-0.2, -0.15) is 0 Å². The molecule has 18 heavy (non-hydrogen) atoms. The van der Waals surface area contributed by atoms with Crippen LogP contribution in [-0.4, -0.2) is 34.5 Å². The Morgan fingerprint density at radius 3 is 2.50 bits per heavy atom. The third-order valence-electron chi connectivity index (χ3n) is 3.49. The van der Waals surface area contributed by atoms with Gasteiger partial charge in [-0.05, 0) is 25.0 Å². The quantitative estimate of drug-likeness (QED) is 0.728. The number of fused-ring (bicyclic) bond motifs is 1. The lowest BCUT2D eigenvalue weighted by Crippen LogP contribution is -2.33. The number of hydrogen-bond donors (Lipinski definition) is 0. The summed E-state index contributed by atoms with van der Waals surface area (Å²) in [6, 6.07) is 5.37. The molecule has 1 aromatic rings. The molecule has 4 nitrogen and oxygen atoms in total. The smallest absolute Gasteiger partial charge is 0.302 e. The zero-order valence-corrected chi connectivity index (χ0v) is 11.2. The lowest BCUT2D eigenvalue weighted by Gasteiger charge is -2.19. The van der Waals surface area contributed by atoms with Crippen LogP contribution in [0.1, 0.15) is 11.1 Å². The van der Waals surface area contributed by atoms with E-state index in [0.717, 1.165) is 16.8 Å². The van der Waals surface area contributed by atoms with Gasteiger partial charge in [0.15, 0.2) is 0 Å². The SMILES string of the molecule is Cc1cccc(C)c1N1C(=O)C2CSCN2C1=O. The summed E-state index contributed by atoms with van der Waals surface area (Å²) >= 11 is 1.64. The maximum Gasteiger partial charge on any atom is 0.332 e. The molecule has 2 saturated heterocycles. The van der Waals surface area contributed by atoms with E-state index in [0.29, 0.717) is 11.6 Å². The number of aryl methyl sites for hydroxylation is 2. The molecular formula is C13H14N2O2S. The summed E-state index contributed by atoms with van der Waals surface area (Å²) in [6.45, 7) is 3.86. The first kappa shape index (κ1) is 11.6. The second kappa shape index (κ2) is 4.02. The molecule has 0 radical (unpaired) electrons. The Balaban J connectivity index is 2.08. The van der Waals surface area contributed by atoms with Crippen LogP contribution in [0.3, 0.4) is 0 Å². The largest absolute Gasteiger partial charge is 0.332 e. The van der Waals surface area contributed by atoms with Crippen LogP contribution >= 0.6 is 11.8 Å². The van der Waals surface area contributed by atoms with Gasteiger partial charge in [-0.1, -0.05) is 18.2 Å². The molecule has 2 heterocycles. The van der Waals surface area contributed by atoms with Gasteiger partial charge in [-0.25, -0.2) is 9.69 Å². The van der Waals surface area contributed by atoms with E-state index in [1.54, 1.807) is 16.7 Å². The summed E-state index contributed by atoms with van der Waals surface area (Å²) in [4.78, 5) is 27.7. The van der Waals surface area contributed by atoms with E-state index in [1.165, 1.54) is 4.90 Å². The zero-order valence-electron chi connectivity index (χ0n) is 10.3. The van der Waals surface area contributed by atoms with Crippen molar-refractivity contribution >= 4 is 29.4 Å². The second-order valence-electron chi connectivity index (χ2n) is 4.68. The first-order valence-corrected chi connectivity index (χ1v) is 7.05. The van der Waals surface area contributed by atoms with Crippen LogP contribution in [-0.2, 0) is 4.79 Å². The number of carbonyl (C=O) groups excluding carboxylic acids is 2. The molecule has 0 saturated carbocycles. The number of hydrogen-bond acceptors (Lipinski definition) is 3. The number of nitrogens with zero attached hydrogens (tertiary/aromatic N) is 2. The van der Waals surface area contributed by atoms with Crippen LogP contribution in [0.2, 0.25) is 0 Å². The summed E-state index contributed by atoms with van der Waals surface area (Å²) in [5.41, 5.74) is 2.68. The number of imide groups is 1. The van der Waals surface area contributed by atoms with Crippen LogP contribution in [0.25, 0.3) is 0 Å². The van der Waals surface area contributed by atoms with Gasteiger partial charge in [0.25, 0.3) is 5.91 Å². The molecule has 1 aromatic carbocycles. The molecule has 1 unspecified atom stereocenters. The Morgan fingerprint density at radius 1 is 1.22 bits per heavy atom. The van der Waals surface area contributed by atoms with Crippen molar-refractivity contribution < 1.29 is 9.59 Å². The Bertz CT molecular complexity index is 502. The molecule has 0 aromatic heterocycles. The van der Waals surface area contributed by atoms with Crippen molar-refractivity contribution in [1.29, 1.82) is 0 Å². The molecule has 0 bridgehead atoms. The number of carbonyl (C=O) groups is 2. The molecule has 2 aliphatic heterocycles. The van der Waals surface area contributed by atoms with Gasteiger partial charge in [0.2, 0.25) is 0 Å². The van der Waals surface area contributed by atoms with Crippen LogP contribution in [0.4, 0.5) is 10.5 Å².